The van der Waals surface area contributed by atoms with Gasteiger partial charge in [-0.05, 0) is 23.8 Å². The fourth-order valence-corrected chi connectivity index (χ4v) is 1.61. The first-order valence-corrected chi connectivity index (χ1v) is 4.98. The molecule has 0 radical (unpaired) electrons. The first kappa shape index (κ1) is 10.9. The molecule has 5 heteroatoms. The number of rotatable bonds is 2. The predicted molar refractivity (Wildman–Crippen MR) is 67.4 cm³/mol. The number of nitrogen functional groups attached to an aromatic ring is 2. The van der Waals surface area contributed by atoms with E-state index in [1.807, 2.05) is 0 Å². The van der Waals surface area contributed by atoms with Gasteiger partial charge in [-0.15, -0.1) is 0 Å². The lowest BCUT2D eigenvalue weighted by Crippen LogP contribution is -1.94. The Labute approximate surface area is 97.8 Å². The van der Waals surface area contributed by atoms with Gasteiger partial charge in [-0.25, -0.2) is 0 Å². The monoisotopic (exact) mass is 229 g/mol. The molecule has 2 rings (SSSR count). The number of nitro groups is 1. The lowest BCUT2D eigenvalue weighted by atomic mass is 10.0. The molecule has 0 saturated carbocycles. The Morgan fingerprint density at radius 1 is 1.06 bits per heavy atom. The fraction of sp³-hybridized carbons (Fsp3) is 0. The number of nitro benzene ring substituents is 1. The Bertz CT molecular complexity index is 582. The molecule has 0 aliphatic carbocycles. The highest BCUT2D eigenvalue weighted by molar-refractivity contribution is 5.80. The molecule has 5 nitrogen and oxygen atoms in total. The third kappa shape index (κ3) is 2.17. The summed E-state index contributed by atoms with van der Waals surface area (Å²) in [5, 5.41) is 10.7. The average Bonchev–Trinajstić information content (AvgIpc) is 2.32. The van der Waals surface area contributed by atoms with Gasteiger partial charge in [0.1, 0.15) is 0 Å². The number of nitrogens with zero attached hydrogens (tertiary/aromatic N) is 1. The molecular weight excluding hydrogens is 218 g/mol. The van der Waals surface area contributed by atoms with Gasteiger partial charge in [0.15, 0.2) is 0 Å². The summed E-state index contributed by atoms with van der Waals surface area (Å²) in [5.74, 6) is 0. The zero-order chi connectivity index (χ0) is 12.4. The average molecular weight is 229 g/mol. The second-order valence-corrected chi connectivity index (χ2v) is 3.65. The topological polar surface area (TPSA) is 95.2 Å². The van der Waals surface area contributed by atoms with E-state index < -0.39 is 4.92 Å². The molecule has 86 valence electrons. The highest BCUT2D eigenvalue weighted by Crippen LogP contribution is 2.30. The molecule has 0 aliphatic heterocycles. The first-order valence-electron chi connectivity index (χ1n) is 4.98. The van der Waals surface area contributed by atoms with E-state index in [9.17, 15) is 10.1 Å². The van der Waals surface area contributed by atoms with Crippen molar-refractivity contribution in [1.82, 2.24) is 0 Å². The maximum atomic E-state index is 10.7. The van der Waals surface area contributed by atoms with E-state index in [1.165, 1.54) is 12.1 Å². The molecule has 17 heavy (non-hydrogen) atoms. The molecule has 4 N–H and O–H groups in total. The van der Waals surface area contributed by atoms with Gasteiger partial charge < -0.3 is 11.5 Å². The summed E-state index contributed by atoms with van der Waals surface area (Å²) in [4.78, 5) is 10.2. The van der Waals surface area contributed by atoms with E-state index in [2.05, 4.69) is 0 Å². The summed E-state index contributed by atoms with van der Waals surface area (Å²) in [7, 11) is 0. The highest BCUT2D eigenvalue weighted by atomic mass is 16.6. The number of hydrogen-bond donors (Lipinski definition) is 2. The standard InChI is InChI=1S/C12H11N3O2/c13-9-4-5-12(14)11(7-9)8-2-1-3-10(6-8)15(16)17/h1-7H,13-14H2. The van der Waals surface area contributed by atoms with Crippen LogP contribution in [0.1, 0.15) is 0 Å². The molecule has 0 fully saturated rings. The molecule has 0 spiro atoms. The number of benzene rings is 2. The Hall–Kier alpha value is -2.56. The Morgan fingerprint density at radius 3 is 2.53 bits per heavy atom. The Morgan fingerprint density at radius 2 is 1.82 bits per heavy atom. The summed E-state index contributed by atoms with van der Waals surface area (Å²) in [6.45, 7) is 0. The smallest absolute Gasteiger partial charge is 0.270 e. The zero-order valence-corrected chi connectivity index (χ0v) is 8.96. The first-order chi connectivity index (χ1) is 8.08. The van der Waals surface area contributed by atoms with Crippen LogP contribution in [-0.4, -0.2) is 4.92 Å². The SMILES string of the molecule is Nc1ccc(N)c(-c2cccc([N+](=O)[O-])c2)c1. The quantitative estimate of drug-likeness (QED) is 0.469. The van der Waals surface area contributed by atoms with Gasteiger partial charge >= 0.3 is 0 Å². The maximum absolute atomic E-state index is 10.7. The van der Waals surface area contributed by atoms with Crippen LogP contribution < -0.4 is 11.5 Å². The Kier molecular flexibility index (Phi) is 2.66. The van der Waals surface area contributed by atoms with Gasteiger partial charge in [-0.1, -0.05) is 12.1 Å². The summed E-state index contributed by atoms with van der Waals surface area (Å²) in [6.07, 6.45) is 0. The number of anilines is 2. The minimum atomic E-state index is -0.439. The van der Waals surface area contributed by atoms with Gasteiger partial charge in [-0.2, -0.15) is 0 Å². The Balaban J connectivity index is 2.56. The summed E-state index contributed by atoms with van der Waals surface area (Å²) >= 11 is 0. The molecule has 2 aromatic carbocycles. The fourth-order valence-electron chi connectivity index (χ4n) is 1.61. The van der Waals surface area contributed by atoms with Crippen molar-refractivity contribution >= 4 is 17.1 Å². The van der Waals surface area contributed by atoms with Crippen LogP contribution in [0.5, 0.6) is 0 Å². The second kappa shape index (κ2) is 4.13. The van der Waals surface area contributed by atoms with Crippen molar-refractivity contribution < 1.29 is 4.92 Å². The van der Waals surface area contributed by atoms with Crippen LogP contribution >= 0.6 is 0 Å². The van der Waals surface area contributed by atoms with Crippen LogP contribution in [0.25, 0.3) is 11.1 Å². The minimum absolute atomic E-state index is 0.0318. The van der Waals surface area contributed by atoms with Gasteiger partial charge in [0.2, 0.25) is 0 Å². The molecule has 0 atom stereocenters. The molecule has 0 bridgehead atoms. The van der Waals surface area contributed by atoms with Crippen molar-refractivity contribution in [3.05, 3.63) is 52.6 Å². The number of non-ortho nitro benzene ring substituents is 1. The van der Waals surface area contributed by atoms with Crippen molar-refractivity contribution in [3.8, 4) is 11.1 Å². The summed E-state index contributed by atoms with van der Waals surface area (Å²) < 4.78 is 0. The van der Waals surface area contributed by atoms with Gasteiger partial charge in [-0.3, -0.25) is 10.1 Å². The number of hydrogen-bond acceptors (Lipinski definition) is 4. The van der Waals surface area contributed by atoms with Crippen LogP contribution in [0.2, 0.25) is 0 Å². The van der Waals surface area contributed by atoms with Crippen LogP contribution in [0.3, 0.4) is 0 Å². The minimum Gasteiger partial charge on any atom is -0.399 e. The molecule has 0 heterocycles. The van der Waals surface area contributed by atoms with Crippen molar-refractivity contribution in [3.63, 3.8) is 0 Å². The van der Waals surface area contributed by atoms with Gasteiger partial charge in [0.05, 0.1) is 4.92 Å². The van der Waals surface area contributed by atoms with Crippen molar-refractivity contribution in [2.45, 2.75) is 0 Å². The van der Waals surface area contributed by atoms with Gasteiger partial charge in [0, 0.05) is 29.1 Å². The molecular formula is C12H11N3O2. The zero-order valence-electron chi connectivity index (χ0n) is 8.96. The van der Waals surface area contributed by atoms with E-state index >= 15 is 0 Å². The third-order valence-corrected chi connectivity index (χ3v) is 2.45. The summed E-state index contributed by atoms with van der Waals surface area (Å²) in [5.41, 5.74) is 14.0. The lowest BCUT2D eigenvalue weighted by molar-refractivity contribution is -0.384. The predicted octanol–water partition coefficient (Wildman–Crippen LogP) is 2.43. The third-order valence-electron chi connectivity index (χ3n) is 2.45. The molecule has 0 unspecified atom stereocenters. The van der Waals surface area contributed by atoms with Crippen molar-refractivity contribution in [2.75, 3.05) is 11.5 Å². The second-order valence-electron chi connectivity index (χ2n) is 3.65. The molecule has 0 amide bonds. The van der Waals surface area contributed by atoms with E-state index in [0.717, 1.165) is 0 Å². The van der Waals surface area contributed by atoms with E-state index in [4.69, 9.17) is 11.5 Å². The van der Waals surface area contributed by atoms with Crippen LogP contribution in [0.15, 0.2) is 42.5 Å². The largest absolute Gasteiger partial charge is 0.399 e. The van der Waals surface area contributed by atoms with Crippen LogP contribution in [0.4, 0.5) is 17.1 Å². The van der Waals surface area contributed by atoms with Gasteiger partial charge in [0.25, 0.3) is 5.69 Å². The lowest BCUT2D eigenvalue weighted by Gasteiger charge is -2.06. The van der Waals surface area contributed by atoms with E-state index in [1.54, 1.807) is 30.3 Å². The summed E-state index contributed by atoms with van der Waals surface area (Å²) in [6, 6.07) is 11.4. The maximum Gasteiger partial charge on any atom is 0.270 e. The molecule has 0 aromatic heterocycles. The van der Waals surface area contributed by atoms with Crippen LogP contribution in [-0.2, 0) is 0 Å². The molecule has 0 aliphatic rings. The normalized spacial score (nSPS) is 10.1. The van der Waals surface area contributed by atoms with E-state index in [0.29, 0.717) is 22.5 Å². The van der Waals surface area contributed by atoms with Crippen molar-refractivity contribution in [1.29, 1.82) is 0 Å². The number of nitrogens with two attached hydrogens (primary N) is 2. The molecule has 2 aromatic rings. The van der Waals surface area contributed by atoms with Crippen molar-refractivity contribution in [2.24, 2.45) is 0 Å². The van der Waals surface area contributed by atoms with Crippen LogP contribution in [0, 0.1) is 10.1 Å². The molecule has 0 saturated heterocycles. The van der Waals surface area contributed by atoms with E-state index in [-0.39, 0.29) is 5.69 Å². The highest BCUT2D eigenvalue weighted by Gasteiger charge is 2.09.